The SMILES string of the molecule is CC(c1cccs1)N(C)C(=O)Nc1cncc(C(=O)O)c1. The van der Waals surface area contributed by atoms with Gasteiger partial charge in [-0.2, -0.15) is 0 Å². The van der Waals surface area contributed by atoms with Crippen LogP contribution in [0.4, 0.5) is 10.5 Å². The molecule has 7 heteroatoms. The second-order valence-corrected chi connectivity index (χ2v) is 5.48. The Labute approximate surface area is 126 Å². The van der Waals surface area contributed by atoms with Crippen LogP contribution in [0.1, 0.15) is 28.2 Å². The van der Waals surface area contributed by atoms with Gasteiger partial charge >= 0.3 is 12.0 Å². The van der Waals surface area contributed by atoms with E-state index in [2.05, 4.69) is 10.3 Å². The minimum atomic E-state index is -1.08. The number of carboxylic acids is 1. The molecule has 0 radical (unpaired) electrons. The number of nitrogens with zero attached hydrogens (tertiary/aromatic N) is 2. The van der Waals surface area contributed by atoms with Gasteiger partial charge in [0.15, 0.2) is 0 Å². The Morgan fingerprint density at radius 1 is 1.43 bits per heavy atom. The molecule has 0 aromatic carbocycles. The van der Waals surface area contributed by atoms with Crippen LogP contribution >= 0.6 is 11.3 Å². The average Bonchev–Trinajstić information content (AvgIpc) is 3.00. The average molecular weight is 305 g/mol. The van der Waals surface area contributed by atoms with E-state index in [-0.39, 0.29) is 17.6 Å². The Hall–Kier alpha value is -2.41. The number of aromatic carboxylic acids is 1. The molecule has 2 heterocycles. The first-order chi connectivity index (χ1) is 9.99. The van der Waals surface area contributed by atoms with E-state index in [4.69, 9.17) is 5.11 Å². The predicted molar refractivity (Wildman–Crippen MR) is 80.7 cm³/mol. The first-order valence-electron chi connectivity index (χ1n) is 6.24. The molecule has 0 bridgehead atoms. The van der Waals surface area contributed by atoms with Crippen molar-refractivity contribution in [2.75, 3.05) is 12.4 Å². The minimum Gasteiger partial charge on any atom is -0.478 e. The number of nitrogens with one attached hydrogen (secondary N) is 1. The molecule has 0 saturated heterocycles. The topological polar surface area (TPSA) is 82.5 Å². The quantitative estimate of drug-likeness (QED) is 0.909. The molecule has 0 saturated carbocycles. The summed E-state index contributed by atoms with van der Waals surface area (Å²) in [6.07, 6.45) is 2.64. The fourth-order valence-corrected chi connectivity index (χ4v) is 2.56. The molecule has 0 fully saturated rings. The summed E-state index contributed by atoms with van der Waals surface area (Å²) in [5, 5.41) is 13.5. The van der Waals surface area contributed by atoms with Crippen molar-refractivity contribution in [3.05, 3.63) is 46.4 Å². The van der Waals surface area contributed by atoms with E-state index in [0.29, 0.717) is 5.69 Å². The molecule has 2 aromatic heterocycles. The predicted octanol–water partition coefficient (Wildman–Crippen LogP) is 3.07. The number of carbonyl (C=O) groups is 2. The summed E-state index contributed by atoms with van der Waals surface area (Å²) in [6.45, 7) is 1.93. The van der Waals surface area contributed by atoms with E-state index < -0.39 is 5.97 Å². The van der Waals surface area contributed by atoms with Crippen molar-refractivity contribution in [1.29, 1.82) is 0 Å². The normalized spacial score (nSPS) is 11.7. The van der Waals surface area contributed by atoms with Gasteiger partial charge in [-0.25, -0.2) is 9.59 Å². The van der Waals surface area contributed by atoms with Crippen molar-refractivity contribution in [3.63, 3.8) is 0 Å². The lowest BCUT2D eigenvalue weighted by Crippen LogP contribution is -2.33. The highest BCUT2D eigenvalue weighted by molar-refractivity contribution is 7.10. The van der Waals surface area contributed by atoms with Crippen molar-refractivity contribution in [1.82, 2.24) is 9.88 Å². The molecule has 2 N–H and O–H groups in total. The number of amides is 2. The number of rotatable bonds is 4. The zero-order chi connectivity index (χ0) is 15.4. The first-order valence-corrected chi connectivity index (χ1v) is 7.12. The molecule has 0 spiro atoms. The van der Waals surface area contributed by atoms with Gasteiger partial charge in [0.1, 0.15) is 0 Å². The molecule has 2 rings (SSSR count). The van der Waals surface area contributed by atoms with Crippen molar-refractivity contribution < 1.29 is 14.7 Å². The van der Waals surface area contributed by atoms with Crippen LogP contribution in [0.15, 0.2) is 36.0 Å². The van der Waals surface area contributed by atoms with Crippen LogP contribution in [-0.4, -0.2) is 34.0 Å². The summed E-state index contributed by atoms with van der Waals surface area (Å²) >= 11 is 1.58. The summed E-state index contributed by atoms with van der Waals surface area (Å²) in [5.41, 5.74) is 0.381. The smallest absolute Gasteiger partial charge is 0.337 e. The van der Waals surface area contributed by atoms with Gasteiger partial charge in [0.25, 0.3) is 0 Å². The second-order valence-electron chi connectivity index (χ2n) is 4.50. The van der Waals surface area contributed by atoms with Gasteiger partial charge < -0.3 is 15.3 Å². The number of carbonyl (C=O) groups excluding carboxylic acids is 1. The van der Waals surface area contributed by atoms with Gasteiger partial charge in [0, 0.05) is 18.1 Å². The van der Waals surface area contributed by atoms with Gasteiger partial charge in [-0.05, 0) is 24.4 Å². The number of anilines is 1. The molecule has 0 aliphatic carbocycles. The maximum Gasteiger partial charge on any atom is 0.337 e. The Morgan fingerprint density at radius 3 is 2.81 bits per heavy atom. The number of thiophene rings is 1. The van der Waals surface area contributed by atoms with Crippen LogP contribution in [0, 0.1) is 0 Å². The van der Waals surface area contributed by atoms with Crippen LogP contribution in [0.25, 0.3) is 0 Å². The molecule has 0 aliphatic heterocycles. The zero-order valence-corrected chi connectivity index (χ0v) is 12.4. The summed E-state index contributed by atoms with van der Waals surface area (Å²) in [7, 11) is 1.69. The number of pyridine rings is 1. The number of hydrogen-bond donors (Lipinski definition) is 2. The molecule has 0 aliphatic rings. The van der Waals surface area contributed by atoms with E-state index in [1.807, 2.05) is 24.4 Å². The second kappa shape index (κ2) is 6.36. The third-order valence-electron chi connectivity index (χ3n) is 3.09. The molecule has 2 amide bonds. The molecule has 1 atom stereocenters. The third kappa shape index (κ3) is 3.57. The zero-order valence-electron chi connectivity index (χ0n) is 11.6. The summed E-state index contributed by atoms with van der Waals surface area (Å²) in [6, 6.07) is 4.88. The Bertz CT molecular complexity index is 643. The van der Waals surface area contributed by atoms with Gasteiger partial charge in [-0.1, -0.05) is 6.07 Å². The summed E-state index contributed by atoms with van der Waals surface area (Å²) < 4.78 is 0. The lowest BCUT2D eigenvalue weighted by Gasteiger charge is -2.24. The van der Waals surface area contributed by atoms with Gasteiger partial charge in [0.2, 0.25) is 0 Å². The number of carboxylic acid groups (broad SMARTS) is 1. The Morgan fingerprint density at radius 2 is 2.19 bits per heavy atom. The monoisotopic (exact) mass is 305 g/mol. The Balaban J connectivity index is 2.07. The van der Waals surface area contributed by atoms with E-state index in [0.717, 1.165) is 4.88 Å². The maximum absolute atomic E-state index is 12.2. The Kier molecular flexibility index (Phi) is 4.54. The minimum absolute atomic E-state index is 0.0294. The molecule has 1 unspecified atom stereocenters. The molecule has 110 valence electrons. The summed E-state index contributed by atoms with van der Waals surface area (Å²) in [4.78, 5) is 29.5. The van der Waals surface area contributed by atoms with Gasteiger partial charge in [-0.3, -0.25) is 4.98 Å². The number of hydrogen-bond acceptors (Lipinski definition) is 4. The molecule has 21 heavy (non-hydrogen) atoms. The highest BCUT2D eigenvalue weighted by Crippen LogP contribution is 2.24. The van der Waals surface area contributed by atoms with Crippen LogP contribution in [0.3, 0.4) is 0 Å². The number of aromatic nitrogens is 1. The standard InChI is InChI=1S/C14H15N3O3S/c1-9(12-4-3-5-21-12)17(2)14(20)16-11-6-10(13(18)19)7-15-8-11/h3-9H,1-2H3,(H,16,20)(H,18,19). The molecule has 2 aromatic rings. The lowest BCUT2D eigenvalue weighted by atomic mass is 10.2. The first kappa shape index (κ1) is 15.0. The van der Waals surface area contributed by atoms with Crippen LogP contribution in [0.5, 0.6) is 0 Å². The maximum atomic E-state index is 12.2. The fourth-order valence-electron chi connectivity index (χ4n) is 1.73. The van der Waals surface area contributed by atoms with Crippen LogP contribution < -0.4 is 5.32 Å². The van der Waals surface area contributed by atoms with Gasteiger partial charge in [-0.15, -0.1) is 11.3 Å². The van der Waals surface area contributed by atoms with E-state index >= 15 is 0 Å². The number of urea groups is 1. The van der Waals surface area contributed by atoms with Crippen LogP contribution in [0.2, 0.25) is 0 Å². The van der Waals surface area contributed by atoms with Crippen LogP contribution in [-0.2, 0) is 0 Å². The highest BCUT2D eigenvalue weighted by atomic mass is 32.1. The van der Waals surface area contributed by atoms with Crippen molar-refractivity contribution in [2.24, 2.45) is 0 Å². The molecule has 6 nitrogen and oxygen atoms in total. The fraction of sp³-hybridized carbons (Fsp3) is 0.214. The van der Waals surface area contributed by atoms with Crippen molar-refractivity contribution >= 4 is 29.0 Å². The highest BCUT2D eigenvalue weighted by Gasteiger charge is 2.18. The summed E-state index contributed by atoms with van der Waals surface area (Å²) in [5.74, 6) is -1.08. The molecular formula is C14H15N3O3S. The lowest BCUT2D eigenvalue weighted by molar-refractivity contribution is 0.0696. The van der Waals surface area contributed by atoms with E-state index in [9.17, 15) is 9.59 Å². The van der Waals surface area contributed by atoms with Crippen molar-refractivity contribution in [3.8, 4) is 0 Å². The largest absolute Gasteiger partial charge is 0.478 e. The third-order valence-corrected chi connectivity index (χ3v) is 4.14. The van der Waals surface area contributed by atoms with Crippen molar-refractivity contribution in [2.45, 2.75) is 13.0 Å². The van der Waals surface area contributed by atoms with E-state index in [1.54, 1.807) is 23.3 Å². The molecular weight excluding hydrogens is 290 g/mol. The van der Waals surface area contributed by atoms with E-state index in [1.165, 1.54) is 18.5 Å². The van der Waals surface area contributed by atoms with Gasteiger partial charge in [0.05, 0.1) is 23.5 Å².